The number of piperidine rings is 1. The van der Waals surface area contributed by atoms with Gasteiger partial charge in [-0.2, -0.15) is 4.98 Å². The molecule has 5 heterocycles. The summed E-state index contributed by atoms with van der Waals surface area (Å²) in [5.41, 5.74) is 0.723. The van der Waals surface area contributed by atoms with Crippen LogP contribution in [0.25, 0.3) is 0 Å². The number of fused-ring (bicyclic) bond motifs is 2. The Bertz CT molecular complexity index is 783. The van der Waals surface area contributed by atoms with Gasteiger partial charge < -0.3 is 13.8 Å². The molecule has 0 aliphatic carbocycles. The molecule has 132 valence electrons. The molecule has 0 radical (unpaired) electrons. The largest absolute Gasteiger partial charge is 0.367 e. The SMILES string of the molecule is O=C1CCC(c2nc([C@H]3CN4CCCCC4CO3)no2)n2cccc21. The summed E-state index contributed by atoms with van der Waals surface area (Å²) in [6.45, 7) is 2.71. The first kappa shape index (κ1) is 15.3. The molecule has 0 N–H and O–H groups in total. The molecule has 0 spiro atoms. The molecule has 7 nitrogen and oxygen atoms in total. The Morgan fingerprint density at radius 1 is 1.24 bits per heavy atom. The van der Waals surface area contributed by atoms with Gasteiger partial charge in [0.25, 0.3) is 0 Å². The second-order valence-electron chi connectivity index (χ2n) is 7.24. The number of Topliss-reactive ketones (excluding diaryl/α,β-unsaturated/α-hetero) is 1. The number of ether oxygens (including phenoxy) is 1. The normalized spacial score (nSPS) is 30.1. The predicted molar refractivity (Wildman–Crippen MR) is 88.3 cm³/mol. The molecule has 5 rings (SSSR count). The lowest BCUT2D eigenvalue weighted by molar-refractivity contribution is -0.0805. The first-order chi connectivity index (χ1) is 12.3. The molecule has 3 aliphatic heterocycles. The molecule has 2 aromatic rings. The minimum absolute atomic E-state index is 0.0599. The van der Waals surface area contributed by atoms with Crippen molar-refractivity contribution in [2.45, 2.75) is 50.3 Å². The number of rotatable bonds is 2. The monoisotopic (exact) mass is 342 g/mol. The van der Waals surface area contributed by atoms with Gasteiger partial charge in [-0.05, 0) is 37.9 Å². The zero-order valence-corrected chi connectivity index (χ0v) is 14.1. The number of hydrogen-bond acceptors (Lipinski definition) is 6. The smallest absolute Gasteiger partial charge is 0.249 e. The minimum Gasteiger partial charge on any atom is -0.367 e. The van der Waals surface area contributed by atoms with Crippen LogP contribution in [0.4, 0.5) is 0 Å². The lowest BCUT2D eigenvalue weighted by Gasteiger charge is -2.41. The van der Waals surface area contributed by atoms with Crippen LogP contribution in [-0.2, 0) is 4.74 Å². The third-order valence-electron chi connectivity index (χ3n) is 5.71. The number of hydrogen-bond donors (Lipinski definition) is 0. The molecule has 0 amide bonds. The minimum atomic E-state index is -0.124. The van der Waals surface area contributed by atoms with Crippen molar-refractivity contribution in [1.82, 2.24) is 19.6 Å². The van der Waals surface area contributed by atoms with Crippen molar-refractivity contribution in [3.63, 3.8) is 0 Å². The van der Waals surface area contributed by atoms with E-state index >= 15 is 0 Å². The summed E-state index contributed by atoms with van der Waals surface area (Å²) in [7, 11) is 0. The van der Waals surface area contributed by atoms with E-state index in [1.807, 2.05) is 22.9 Å². The van der Waals surface area contributed by atoms with Crippen LogP contribution in [0.1, 0.15) is 66.5 Å². The summed E-state index contributed by atoms with van der Waals surface area (Å²) in [6.07, 6.45) is 6.77. The van der Waals surface area contributed by atoms with Crippen LogP contribution in [-0.4, -0.2) is 51.1 Å². The van der Waals surface area contributed by atoms with Gasteiger partial charge in [-0.15, -0.1) is 0 Å². The summed E-state index contributed by atoms with van der Waals surface area (Å²) < 4.78 is 13.5. The van der Waals surface area contributed by atoms with Crippen molar-refractivity contribution in [1.29, 1.82) is 0 Å². The van der Waals surface area contributed by atoms with Gasteiger partial charge in [-0.3, -0.25) is 9.69 Å². The lowest BCUT2D eigenvalue weighted by Crippen LogP contribution is -2.49. The molecule has 0 saturated carbocycles. The fourth-order valence-corrected chi connectivity index (χ4v) is 4.33. The standard InChI is InChI=1S/C18H22N4O3/c23-15-7-6-14(22-9-3-5-13(15)22)18-19-17(20-25-18)16-10-21-8-2-1-4-12(21)11-24-16/h3,5,9,12,14,16H,1-2,4,6-8,10-11H2/t12?,14?,16-/m1/s1. The Balaban J connectivity index is 1.36. The van der Waals surface area contributed by atoms with Gasteiger partial charge >= 0.3 is 0 Å². The molecule has 2 saturated heterocycles. The second kappa shape index (κ2) is 6.07. The van der Waals surface area contributed by atoms with Crippen molar-refractivity contribution in [3.8, 4) is 0 Å². The van der Waals surface area contributed by atoms with Crippen molar-refractivity contribution in [2.75, 3.05) is 19.7 Å². The highest BCUT2D eigenvalue weighted by molar-refractivity contribution is 5.95. The van der Waals surface area contributed by atoms with E-state index < -0.39 is 0 Å². The van der Waals surface area contributed by atoms with Gasteiger partial charge in [0, 0.05) is 25.2 Å². The first-order valence-electron chi connectivity index (χ1n) is 9.19. The number of nitrogens with zero attached hydrogens (tertiary/aromatic N) is 4. The third-order valence-corrected chi connectivity index (χ3v) is 5.71. The molecule has 2 fully saturated rings. The van der Waals surface area contributed by atoms with E-state index in [-0.39, 0.29) is 17.9 Å². The molecule has 2 aromatic heterocycles. The van der Waals surface area contributed by atoms with E-state index in [9.17, 15) is 4.79 Å². The number of carbonyl (C=O) groups excluding carboxylic acids is 1. The maximum absolute atomic E-state index is 12.0. The number of ketones is 1. The lowest BCUT2D eigenvalue weighted by atomic mass is 10.0. The molecule has 3 atom stereocenters. The summed E-state index contributed by atoms with van der Waals surface area (Å²) in [5.74, 6) is 1.38. The predicted octanol–water partition coefficient (Wildman–Crippen LogP) is 2.36. The molecule has 7 heteroatoms. The highest BCUT2D eigenvalue weighted by Gasteiger charge is 2.35. The zero-order chi connectivity index (χ0) is 16.8. The average Bonchev–Trinajstić information content (AvgIpc) is 3.32. The summed E-state index contributed by atoms with van der Waals surface area (Å²) in [5, 5.41) is 4.19. The number of aromatic nitrogens is 3. The van der Waals surface area contributed by atoms with Crippen LogP contribution < -0.4 is 0 Å². The van der Waals surface area contributed by atoms with Gasteiger partial charge in [-0.25, -0.2) is 0 Å². The van der Waals surface area contributed by atoms with Gasteiger partial charge in [0.05, 0.1) is 12.3 Å². The summed E-state index contributed by atoms with van der Waals surface area (Å²) in [6, 6.07) is 4.23. The fourth-order valence-electron chi connectivity index (χ4n) is 4.33. The molecule has 25 heavy (non-hydrogen) atoms. The van der Waals surface area contributed by atoms with E-state index in [4.69, 9.17) is 9.26 Å². The molecule has 3 aliphatic rings. The van der Waals surface area contributed by atoms with Gasteiger partial charge in [0.1, 0.15) is 12.1 Å². The summed E-state index contributed by atoms with van der Waals surface area (Å²) in [4.78, 5) is 19.1. The molecular formula is C18H22N4O3. The van der Waals surface area contributed by atoms with E-state index in [0.717, 1.165) is 25.4 Å². The van der Waals surface area contributed by atoms with Crippen LogP contribution in [0.5, 0.6) is 0 Å². The maximum atomic E-state index is 12.0. The van der Waals surface area contributed by atoms with Crippen LogP contribution in [0.15, 0.2) is 22.9 Å². The van der Waals surface area contributed by atoms with Crippen molar-refractivity contribution in [3.05, 3.63) is 35.7 Å². The molecular weight excluding hydrogens is 320 g/mol. The third kappa shape index (κ3) is 2.62. The average molecular weight is 342 g/mol. The van der Waals surface area contributed by atoms with Crippen LogP contribution >= 0.6 is 0 Å². The van der Waals surface area contributed by atoms with Gasteiger partial charge in [-0.1, -0.05) is 11.6 Å². The zero-order valence-electron chi connectivity index (χ0n) is 14.1. The van der Waals surface area contributed by atoms with Crippen LogP contribution in [0.2, 0.25) is 0 Å². The Kier molecular flexibility index (Phi) is 3.71. The Hall–Kier alpha value is -1.99. The van der Waals surface area contributed by atoms with Crippen LogP contribution in [0, 0.1) is 0 Å². The number of morpholine rings is 1. The summed E-state index contributed by atoms with van der Waals surface area (Å²) >= 11 is 0. The molecule has 0 aromatic carbocycles. The Labute approximate surface area is 145 Å². The highest BCUT2D eigenvalue weighted by atomic mass is 16.5. The first-order valence-corrected chi connectivity index (χ1v) is 9.19. The maximum Gasteiger partial charge on any atom is 0.249 e. The van der Waals surface area contributed by atoms with Gasteiger partial charge in [0.2, 0.25) is 11.7 Å². The van der Waals surface area contributed by atoms with Gasteiger partial charge in [0.15, 0.2) is 5.78 Å². The molecule has 2 unspecified atom stereocenters. The highest BCUT2D eigenvalue weighted by Crippen LogP contribution is 2.32. The topological polar surface area (TPSA) is 73.4 Å². The number of carbonyl (C=O) groups is 1. The second-order valence-corrected chi connectivity index (χ2v) is 7.24. The van der Waals surface area contributed by atoms with E-state index in [2.05, 4.69) is 15.0 Å². The molecule has 0 bridgehead atoms. The van der Waals surface area contributed by atoms with E-state index in [1.165, 1.54) is 19.3 Å². The Morgan fingerprint density at radius 3 is 3.16 bits per heavy atom. The fraction of sp³-hybridized carbons (Fsp3) is 0.611. The van der Waals surface area contributed by atoms with Crippen molar-refractivity contribution in [2.24, 2.45) is 0 Å². The van der Waals surface area contributed by atoms with E-state index in [0.29, 0.717) is 30.6 Å². The quantitative estimate of drug-likeness (QED) is 0.834. The van der Waals surface area contributed by atoms with Crippen molar-refractivity contribution >= 4 is 5.78 Å². The van der Waals surface area contributed by atoms with E-state index in [1.54, 1.807) is 0 Å². The van der Waals surface area contributed by atoms with Crippen LogP contribution in [0.3, 0.4) is 0 Å². The van der Waals surface area contributed by atoms with Crippen molar-refractivity contribution < 1.29 is 14.1 Å². The Morgan fingerprint density at radius 2 is 2.20 bits per heavy atom.